The number of anilines is 1. The van der Waals surface area contributed by atoms with E-state index in [1.165, 1.54) is 16.7 Å². The molecule has 1 atom stereocenters. The number of pyridine rings is 1. The average Bonchev–Trinajstić information content (AvgIpc) is 3.15. The number of nitrogens with zero attached hydrogens (tertiary/aromatic N) is 3. The van der Waals surface area contributed by atoms with E-state index in [2.05, 4.69) is 20.3 Å². The Balaban J connectivity index is 0.918. The van der Waals surface area contributed by atoms with E-state index in [4.69, 9.17) is 0 Å². The molecular weight excluding hydrogens is 718 g/mol. The van der Waals surface area contributed by atoms with Crippen LogP contribution in [0.25, 0.3) is 21.9 Å². The van der Waals surface area contributed by atoms with Gasteiger partial charge in [-0.2, -0.15) is 0 Å². The van der Waals surface area contributed by atoms with E-state index >= 15 is 4.39 Å². The predicted molar refractivity (Wildman–Crippen MR) is 199 cm³/mol. The van der Waals surface area contributed by atoms with Gasteiger partial charge in [0.2, 0.25) is 17.7 Å². The molecule has 10 nitrogen and oxygen atoms in total. The molecule has 1 aromatic heterocycles. The van der Waals surface area contributed by atoms with Crippen LogP contribution in [0.4, 0.5) is 23.2 Å². The number of carbonyl (C=O) groups is 3. The molecule has 4 aromatic rings. The standard InChI is InChI=1S/C41H43F4N5O5/c1-48-23-33(31-4-2-3-5-32(31)40(48)54)27-6-7-28(36(21-27)55-41(43,44)45)20-25-12-16-49(17-13-25)24-38(52)50-18-14-26(15-19-50)30-9-8-29(22-34(30)42)46-35-10-11-37(51)47-39(35)53/h2-9,21-23,25-26,35,46H,10-20,24H2,1H3,(H,47,51,53). The second-order valence-electron chi connectivity index (χ2n) is 14.8. The number of imide groups is 1. The Kier molecular flexibility index (Phi) is 11.0. The largest absolute Gasteiger partial charge is 0.573 e. The number of hydrogen-bond donors (Lipinski definition) is 2. The van der Waals surface area contributed by atoms with Crippen molar-refractivity contribution < 1.29 is 36.7 Å². The monoisotopic (exact) mass is 761 g/mol. The zero-order valence-electron chi connectivity index (χ0n) is 30.5. The number of hydrogen-bond acceptors (Lipinski definition) is 7. The average molecular weight is 762 g/mol. The van der Waals surface area contributed by atoms with Gasteiger partial charge in [0.25, 0.3) is 5.56 Å². The lowest BCUT2D eigenvalue weighted by molar-refractivity contribution is -0.274. The summed E-state index contributed by atoms with van der Waals surface area (Å²) in [4.78, 5) is 53.4. The number of carbonyl (C=O) groups excluding carboxylic acids is 3. The van der Waals surface area contributed by atoms with E-state index in [-0.39, 0.29) is 53.7 Å². The van der Waals surface area contributed by atoms with E-state index in [9.17, 15) is 32.3 Å². The molecule has 14 heteroatoms. The number of aryl methyl sites for hydroxylation is 1. The van der Waals surface area contributed by atoms with Crippen LogP contribution in [0.5, 0.6) is 5.75 Å². The number of amides is 3. The van der Waals surface area contributed by atoms with Gasteiger partial charge in [-0.1, -0.05) is 36.4 Å². The van der Waals surface area contributed by atoms with Gasteiger partial charge < -0.3 is 19.5 Å². The number of piperidine rings is 3. The fraction of sp³-hybridized carbons (Fsp3) is 0.415. The van der Waals surface area contributed by atoms with E-state index in [0.29, 0.717) is 103 Å². The van der Waals surface area contributed by atoms with Crippen LogP contribution in [0, 0.1) is 11.7 Å². The van der Waals surface area contributed by atoms with Crippen LogP contribution >= 0.6 is 0 Å². The van der Waals surface area contributed by atoms with Crippen LogP contribution in [0.3, 0.4) is 0 Å². The molecule has 0 radical (unpaired) electrons. The predicted octanol–water partition coefficient (Wildman–Crippen LogP) is 6.12. The molecule has 0 saturated carbocycles. The van der Waals surface area contributed by atoms with Crippen LogP contribution in [0.15, 0.2) is 71.7 Å². The smallest absolute Gasteiger partial charge is 0.405 e. The number of fused-ring (bicyclic) bond motifs is 1. The van der Waals surface area contributed by atoms with Gasteiger partial charge in [-0.15, -0.1) is 13.2 Å². The van der Waals surface area contributed by atoms with Crippen molar-refractivity contribution in [3.8, 4) is 16.9 Å². The zero-order valence-corrected chi connectivity index (χ0v) is 30.5. The molecule has 3 aliphatic rings. The SMILES string of the molecule is Cn1cc(-c2ccc(CC3CCN(CC(=O)N4CCC(c5ccc(NC6CCC(=O)NC6=O)cc5F)CC4)CC3)c(OC(F)(F)F)c2)c2ccccc2c1=O. The number of nitrogens with one attached hydrogen (secondary N) is 2. The molecule has 4 heterocycles. The van der Waals surface area contributed by atoms with Crippen molar-refractivity contribution in [2.45, 2.75) is 63.3 Å². The molecule has 0 aliphatic carbocycles. The van der Waals surface area contributed by atoms with E-state index < -0.39 is 18.3 Å². The van der Waals surface area contributed by atoms with Crippen molar-refractivity contribution in [2.75, 3.05) is 38.0 Å². The summed E-state index contributed by atoms with van der Waals surface area (Å²) in [5, 5.41) is 6.41. The molecule has 3 saturated heterocycles. The molecule has 7 rings (SSSR count). The fourth-order valence-corrected chi connectivity index (χ4v) is 8.13. The highest BCUT2D eigenvalue weighted by molar-refractivity contribution is 6.01. The second-order valence-corrected chi connectivity index (χ2v) is 14.8. The number of halogens is 4. The van der Waals surface area contributed by atoms with Gasteiger partial charge in [-0.05, 0) is 110 Å². The summed E-state index contributed by atoms with van der Waals surface area (Å²) in [6.45, 7) is 2.52. The summed E-state index contributed by atoms with van der Waals surface area (Å²) in [5.74, 6) is -1.33. The Morgan fingerprint density at radius 1 is 0.909 bits per heavy atom. The minimum atomic E-state index is -4.88. The Hall–Kier alpha value is -5.24. The molecular formula is C41H43F4N5O5. The number of alkyl halides is 3. The molecule has 3 amide bonds. The van der Waals surface area contributed by atoms with Gasteiger partial charge in [0.15, 0.2) is 0 Å². The summed E-state index contributed by atoms with van der Waals surface area (Å²) in [6.07, 6.45) is 0.348. The van der Waals surface area contributed by atoms with Crippen molar-refractivity contribution in [1.29, 1.82) is 0 Å². The second kappa shape index (κ2) is 15.9. The number of ether oxygens (including phenoxy) is 1. The molecule has 0 bridgehead atoms. The molecule has 2 N–H and O–H groups in total. The van der Waals surface area contributed by atoms with Crippen molar-refractivity contribution in [3.05, 3.63) is 94.2 Å². The molecule has 3 aliphatic heterocycles. The van der Waals surface area contributed by atoms with E-state index in [1.807, 2.05) is 4.90 Å². The first-order valence-electron chi connectivity index (χ1n) is 18.7. The Morgan fingerprint density at radius 3 is 2.33 bits per heavy atom. The Bertz CT molecular complexity index is 2160. The molecule has 0 spiro atoms. The minimum Gasteiger partial charge on any atom is -0.405 e. The normalized spacial score (nSPS) is 19.1. The zero-order chi connectivity index (χ0) is 38.9. The molecule has 3 aromatic carbocycles. The van der Waals surface area contributed by atoms with Gasteiger partial charge in [-0.3, -0.25) is 29.4 Å². The lowest BCUT2D eigenvalue weighted by Gasteiger charge is -2.36. The van der Waals surface area contributed by atoms with Crippen molar-refractivity contribution >= 4 is 34.2 Å². The number of likely N-dealkylation sites (tertiary alicyclic amines) is 2. The maximum Gasteiger partial charge on any atom is 0.573 e. The number of benzene rings is 3. The van der Waals surface area contributed by atoms with Crippen molar-refractivity contribution in [3.63, 3.8) is 0 Å². The maximum absolute atomic E-state index is 15.2. The molecule has 3 fully saturated rings. The third-order valence-corrected chi connectivity index (χ3v) is 11.1. The Morgan fingerprint density at radius 2 is 1.64 bits per heavy atom. The van der Waals surface area contributed by atoms with Crippen LogP contribution < -0.4 is 20.9 Å². The third-order valence-electron chi connectivity index (χ3n) is 11.1. The summed E-state index contributed by atoms with van der Waals surface area (Å²) in [7, 11) is 1.61. The number of aromatic nitrogens is 1. The summed E-state index contributed by atoms with van der Waals surface area (Å²) in [5.41, 5.74) is 2.42. The number of rotatable bonds is 9. The highest BCUT2D eigenvalue weighted by atomic mass is 19.4. The van der Waals surface area contributed by atoms with Crippen LogP contribution in [-0.4, -0.2) is 77.2 Å². The maximum atomic E-state index is 15.2. The topological polar surface area (TPSA) is 113 Å². The lowest BCUT2D eigenvalue weighted by atomic mass is 9.88. The van der Waals surface area contributed by atoms with Gasteiger partial charge in [0.1, 0.15) is 17.6 Å². The summed E-state index contributed by atoms with van der Waals surface area (Å²) in [6, 6.07) is 16.1. The summed E-state index contributed by atoms with van der Waals surface area (Å²) < 4.78 is 62.0. The van der Waals surface area contributed by atoms with E-state index in [0.717, 1.165) is 0 Å². The van der Waals surface area contributed by atoms with Crippen LogP contribution in [0.2, 0.25) is 0 Å². The first kappa shape index (κ1) is 38.1. The molecule has 1 unspecified atom stereocenters. The van der Waals surface area contributed by atoms with Crippen LogP contribution in [-0.2, 0) is 27.9 Å². The lowest BCUT2D eigenvalue weighted by Crippen LogP contribution is -2.47. The highest BCUT2D eigenvalue weighted by Gasteiger charge is 2.34. The quantitative estimate of drug-likeness (QED) is 0.156. The molecule has 55 heavy (non-hydrogen) atoms. The van der Waals surface area contributed by atoms with Gasteiger partial charge in [0, 0.05) is 49.4 Å². The molecule has 290 valence electrons. The van der Waals surface area contributed by atoms with Crippen LogP contribution in [0.1, 0.15) is 55.6 Å². The summed E-state index contributed by atoms with van der Waals surface area (Å²) >= 11 is 0. The van der Waals surface area contributed by atoms with Gasteiger partial charge in [-0.25, -0.2) is 4.39 Å². The van der Waals surface area contributed by atoms with E-state index in [1.54, 1.807) is 61.8 Å². The van der Waals surface area contributed by atoms with Crippen molar-refractivity contribution in [1.82, 2.24) is 19.7 Å². The minimum absolute atomic E-state index is 0.00329. The fourth-order valence-electron chi connectivity index (χ4n) is 8.13. The Labute approximate surface area is 315 Å². The van der Waals surface area contributed by atoms with Crippen molar-refractivity contribution in [2.24, 2.45) is 13.0 Å². The van der Waals surface area contributed by atoms with Gasteiger partial charge in [0.05, 0.1) is 6.54 Å². The first-order chi connectivity index (χ1) is 26.3. The first-order valence-corrected chi connectivity index (χ1v) is 18.7. The highest BCUT2D eigenvalue weighted by Crippen LogP contribution is 2.37. The third kappa shape index (κ3) is 8.85. The van der Waals surface area contributed by atoms with Gasteiger partial charge >= 0.3 is 6.36 Å².